The van der Waals surface area contributed by atoms with Crippen molar-refractivity contribution in [1.29, 1.82) is 0 Å². The second-order valence-corrected chi connectivity index (χ2v) is 4.96. The van der Waals surface area contributed by atoms with Gasteiger partial charge in [-0.3, -0.25) is 9.59 Å². The lowest BCUT2D eigenvalue weighted by Gasteiger charge is -2.17. The van der Waals surface area contributed by atoms with Crippen molar-refractivity contribution in [1.82, 2.24) is 5.32 Å². The van der Waals surface area contributed by atoms with Crippen LogP contribution in [0.5, 0.6) is 0 Å². The summed E-state index contributed by atoms with van der Waals surface area (Å²) >= 11 is 0. The summed E-state index contributed by atoms with van der Waals surface area (Å²) < 4.78 is 0. The molecule has 3 heteroatoms. The van der Waals surface area contributed by atoms with Crippen LogP contribution in [0.2, 0.25) is 0 Å². The van der Waals surface area contributed by atoms with Crippen LogP contribution in [-0.4, -0.2) is 17.7 Å². The van der Waals surface area contributed by atoms with Crippen LogP contribution >= 0.6 is 0 Å². The highest BCUT2D eigenvalue weighted by Gasteiger charge is 2.18. The number of amides is 1. The number of carbonyl (C=O) groups is 2. The Hall–Kier alpha value is -1.64. The minimum absolute atomic E-state index is 0.000928. The van der Waals surface area contributed by atoms with Crippen LogP contribution in [0.1, 0.15) is 44.7 Å². The summed E-state index contributed by atoms with van der Waals surface area (Å²) in [5.74, 6) is -0.122. The zero-order chi connectivity index (χ0) is 13.7. The first-order chi connectivity index (χ1) is 8.41. The third-order valence-electron chi connectivity index (χ3n) is 2.79. The fourth-order valence-electron chi connectivity index (χ4n) is 1.94. The summed E-state index contributed by atoms with van der Waals surface area (Å²) in [7, 11) is 0. The van der Waals surface area contributed by atoms with Crippen molar-refractivity contribution in [3.8, 4) is 0 Å². The van der Waals surface area contributed by atoms with Gasteiger partial charge in [0, 0.05) is 12.5 Å². The summed E-state index contributed by atoms with van der Waals surface area (Å²) in [6.45, 7) is 7.31. The van der Waals surface area contributed by atoms with Crippen molar-refractivity contribution in [2.45, 2.75) is 46.1 Å². The molecular weight excluding hydrogens is 226 g/mol. The first-order valence-corrected chi connectivity index (χ1v) is 6.29. The highest BCUT2D eigenvalue weighted by Crippen LogP contribution is 2.21. The Kier molecular flexibility index (Phi) is 5.08. The Labute approximate surface area is 109 Å². The predicted molar refractivity (Wildman–Crippen MR) is 72.5 cm³/mol. The van der Waals surface area contributed by atoms with Crippen LogP contribution in [0.3, 0.4) is 0 Å². The van der Waals surface area contributed by atoms with Crippen LogP contribution < -0.4 is 5.32 Å². The Morgan fingerprint density at radius 2 is 1.78 bits per heavy atom. The molecule has 1 unspecified atom stereocenters. The first-order valence-electron chi connectivity index (χ1n) is 6.29. The van der Waals surface area contributed by atoms with Crippen LogP contribution in [0.15, 0.2) is 24.3 Å². The van der Waals surface area contributed by atoms with Gasteiger partial charge in [0.1, 0.15) is 5.78 Å². The van der Waals surface area contributed by atoms with Crippen molar-refractivity contribution >= 4 is 11.7 Å². The van der Waals surface area contributed by atoms with Crippen LogP contribution in [0, 0.1) is 0 Å². The molecule has 1 aromatic rings. The fraction of sp³-hybridized carbons (Fsp3) is 0.467. The van der Waals surface area contributed by atoms with Gasteiger partial charge >= 0.3 is 0 Å². The predicted octanol–water partition coefficient (Wildman–Crippen LogP) is 2.45. The van der Waals surface area contributed by atoms with E-state index in [0.717, 1.165) is 11.1 Å². The van der Waals surface area contributed by atoms with E-state index in [1.165, 1.54) is 0 Å². The SMILES string of the molecule is CC(=O)Cc1ccccc1C(C)C(=O)NC(C)C. The molecular formula is C15H21NO2. The average molecular weight is 247 g/mol. The number of ketones is 1. The van der Waals surface area contributed by atoms with E-state index in [2.05, 4.69) is 5.32 Å². The third-order valence-corrected chi connectivity index (χ3v) is 2.79. The van der Waals surface area contributed by atoms with Crippen molar-refractivity contribution in [2.24, 2.45) is 0 Å². The van der Waals surface area contributed by atoms with Gasteiger partial charge in [-0.2, -0.15) is 0 Å². The maximum atomic E-state index is 12.0. The lowest BCUT2D eigenvalue weighted by molar-refractivity contribution is -0.122. The summed E-state index contributed by atoms with van der Waals surface area (Å²) in [6, 6.07) is 7.76. The van der Waals surface area contributed by atoms with Crippen molar-refractivity contribution < 1.29 is 9.59 Å². The van der Waals surface area contributed by atoms with Crippen molar-refractivity contribution in [3.63, 3.8) is 0 Å². The number of nitrogens with one attached hydrogen (secondary N) is 1. The lowest BCUT2D eigenvalue weighted by atomic mass is 9.92. The van der Waals surface area contributed by atoms with Gasteiger partial charge in [0.05, 0.1) is 5.92 Å². The summed E-state index contributed by atoms with van der Waals surface area (Å²) in [5.41, 5.74) is 1.88. The number of hydrogen-bond donors (Lipinski definition) is 1. The minimum atomic E-state index is -0.233. The molecule has 98 valence electrons. The van der Waals surface area contributed by atoms with Crippen LogP contribution in [-0.2, 0) is 16.0 Å². The van der Waals surface area contributed by atoms with E-state index in [-0.39, 0.29) is 23.7 Å². The minimum Gasteiger partial charge on any atom is -0.353 e. The standard InChI is InChI=1S/C15H21NO2/c1-10(2)16-15(18)12(4)14-8-6-5-7-13(14)9-11(3)17/h5-8,10,12H,9H2,1-4H3,(H,16,18). The molecule has 1 N–H and O–H groups in total. The fourth-order valence-corrected chi connectivity index (χ4v) is 1.94. The number of hydrogen-bond acceptors (Lipinski definition) is 2. The number of Topliss-reactive ketones (excluding diaryl/α,β-unsaturated/α-hetero) is 1. The number of rotatable bonds is 5. The van der Waals surface area contributed by atoms with E-state index >= 15 is 0 Å². The lowest BCUT2D eigenvalue weighted by Crippen LogP contribution is -2.33. The maximum Gasteiger partial charge on any atom is 0.227 e. The molecule has 1 atom stereocenters. The number of carbonyl (C=O) groups excluding carboxylic acids is 2. The monoisotopic (exact) mass is 247 g/mol. The van der Waals surface area contributed by atoms with Gasteiger partial charge in [-0.05, 0) is 38.8 Å². The topological polar surface area (TPSA) is 46.2 Å². The number of benzene rings is 1. The Balaban J connectivity index is 2.94. The second kappa shape index (κ2) is 6.34. The molecule has 0 fully saturated rings. The molecule has 18 heavy (non-hydrogen) atoms. The van der Waals surface area contributed by atoms with E-state index in [1.807, 2.05) is 45.0 Å². The smallest absolute Gasteiger partial charge is 0.227 e. The molecule has 3 nitrogen and oxygen atoms in total. The zero-order valence-electron chi connectivity index (χ0n) is 11.5. The van der Waals surface area contributed by atoms with Gasteiger partial charge in [0.25, 0.3) is 0 Å². The molecule has 0 bridgehead atoms. The Bertz CT molecular complexity index is 438. The van der Waals surface area contributed by atoms with E-state index < -0.39 is 0 Å². The molecule has 0 aliphatic rings. The highest BCUT2D eigenvalue weighted by atomic mass is 16.2. The van der Waals surface area contributed by atoms with Gasteiger partial charge < -0.3 is 5.32 Å². The molecule has 0 spiro atoms. The van der Waals surface area contributed by atoms with Gasteiger partial charge in [0.2, 0.25) is 5.91 Å². The van der Waals surface area contributed by atoms with Gasteiger partial charge in [-0.25, -0.2) is 0 Å². The average Bonchev–Trinajstić information content (AvgIpc) is 2.27. The molecule has 0 radical (unpaired) electrons. The normalized spacial score (nSPS) is 12.3. The van der Waals surface area contributed by atoms with E-state index in [4.69, 9.17) is 0 Å². The Morgan fingerprint density at radius 1 is 1.17 bits per heavy atom. The van der Waals surface area contributed by atoms with Crippen LogP contribution in [0.25, 0.3) is 0 Å². The van der Waals surface area contributed by atoms with E-state index in [1.54, 1.807) is 6.92 Å². The zero-order valence-corrected chi connectivity index (χ0v) is 11.5. The van der Waals surface area contributed by atoms with Gasteiger partial charge in [0.15, 0.2) is 0 Å². The van der Waals surface area contributed by atoms with E-state index in [0.29, 0.717) is 6.42 Å². The molecule has 0 aliphatic carbocycles. The molecule has 1 aromatic carbocycles. The van der Waals surface area contributed by atoms with Crippen LogP contribution in [0.4, 0.5) is 0 Å². The maximum absolute atomic E-state index is 12.0. The molecule has 0 aromatic heterocycles. The summed E-state index contributed by atoms with van der Waals surface area (Å²) in [6.07, 6.45) is 0.384. The second-order valence-electron chi connectivity index (χ2n) is 4.96. The van der Waals surface area contributed by atoms with Crippen molar-refractivity contribution in [2.75, 3.05) is 0 Å². The molecule has 0 saturated carbocycles. The summed E-state index contributed by atoms with van der Waals surface area (Å²) in [4.78, 5) is 23.2. The van der Waals surface area contributed by atoms with E-state index in [9.17, 15) is 9.59 Å². The van der Waals surface area contributed by atoms with Gasteiger partial charge in [-0.1, -0.05) is 24.3 Å². The molecule has 0 saturated heterocycles. The quantitative estimate of drug-likeness (QED) is 0.868. The van der Waals surface area contributed by atoms with Crippen molar-refractivity contribution in [3.05, 3.63) is 35.4 Å². The molecule has 0 aliphatic heterocycles. The molecule has 1 rings (SSSR count). The van der Waals surface area contributed by atoms with Gasteiger partial charge in [-0.15, -0.1) is 0 Å². The molecule has 0 heterocycles. The highest BCUT2D eigenvalue weighted by molar-refractivity contribution is 5.85. The molecule has 1 amide bonds. The largest absolute Gasteiger partial charge is 0.353 e. The summed E-state index contributed by atoms with van der Waals surface area (Å²) in [5, 5.41) is 2.90. The first kappa shape index (κ1) is 14.4. The Morgan fingerprint density at radius 3 is 2.33 bits per heavy atom. The third kappa shape index (κ3) is 3.99.